The van der Waals surface area contributed by atoms with Crippen LogP contribution in [0.3, 0.4) is 0 Å². The van der Waals surface area contributed by atoms with Crippen LogP contribution in [0.15, 0.2) is 48.5 Å². The predicted octanol–water partition coefficient (Wildman–Crippen LogP) is 4.81. The van der Waals surface area contributed by atoms with Gasteiger partial charge in [0.25, 0.3) is 0 Å². The van der Waals surface area contributed by atoms with Crippen molar-refractivity contribution in [3.05, 3.63) is 65.5 Å². The van der Waals surface area contributed by atoms with E-state index in [0.29, 0.717) is 19.0 Å². The zero-order valence-corrected chi connectivity index (χ0v) is 18.7. The molecule has 5 rings (SSSR count). The number of piperidine rings is 1. The molecular formula is C27H33FN2O2. The second-order valence-corrected chi connectivity index (χ2v) is 9.73. The Hall–Kier alpha value is -2.40. The number of rotatable bonds is 8. The summed E-state index contributed by atoms with van der Waals surface area (Å²) in [6.45, 7) is 3.59. The first-order chi connectivity index (χ1) is 15.6. The average molecular weight is 437 g/mol. The minimum atomic E-state index is -0.241. The standard InChI is InChI=1S/C27H33FN2O2/c28-23-9-5-21(6-10-23)18-30(25-13-15-29-14-1-2-24(29)17-25)27(31)16-20-7-11-26(12-8-20)32-19-22-3-4-22/h5-12,22,24-25H,1-4,13-19H2/t24-,25+/m0/s1. The third-order valence-electron chi connectivity index (χ3n) is 7.28. The van der Waals surface area contributed by atoms with Crippen LogP contribution in [0.1, 0.15) is 49.7 Å². The number of fused-ring (bicyclic) bond motifs is 1. The SMILES string of the molecule is O=C(Cc1ccc(OCC2CC2)cc1)N(Cc1ccc(F)cc1)[C@@H]1CCN2CCC[C@H]2C1. The van der Waals surface area contributed by atoms with Gasteiger partial charge in [-0.3, -0.25) is 4.79 Å². The molecule has 0 unspecified atom stereocenters. The van der Waals surface area contributed by atoms with Crippen LogP contribution in [0.4, 0.5) is 4.39 Å². The molecule has 0 bridgehead atoms. The van der Waals surface area contributed by atoms with Crippen molar-refractivity contribution in [2.75, 3.05) is 19.7 Å². The Labute approximate surface area is 190 Å². The summed E-state index contributed by atoms with van der Waals surface area (Å²) in [4.78, 5) is 18.1. The molecule has 1 amide bonds. The number of amides is 1. The lowest BCUT2D eigenvalue weighted by atomic mass is 9.95. The molecule has 0 spiro atoms. The summed E-state index contributed by atoms with van der Waals surface area (Å²) < 4.78 is 19.2. The zero-order chi connectivity index (χ0) is 21.9. The van der Waals surface area contributed by atoms with Gasteiger partial charge in [-0.2, -0.15) is 0 Å². The third-order valence-corrected chi connectivity index (χ3v) is 7.28. The van der Waals surface area contributed by atoms with Gasteiger partial charge in [-0.05, 0) is 86.4 Å². The van der Waals surface area contributed by atoms with Crippen LogP contribution < -0.4 is 4.74 Å². The number of carbonyl (C=O) groups excluding carboxylic acids is 1. The molecule has 5 heteroatoms. The van der Waals surface area contributed by atoms with Gasteiger partial charge in [0, 0.05) is 25.2 Å². The second-order valence-electron chi connectivity index (χ2n) is 9.73. The molecular weight excluding hydrogens is 403 g/mol. The lowest BCUT2D eigenvalue weighted by molar-refractivity contribution is -0.134. The fraction of sp³-hybridized carbons (Fsp3) is 0.519. The fourth-order valence-corrected chi connectivity index (χ4v) is 5.17. The largest absolute Gasteiger partial charge is 0.493 e. The third kappa shape index (κ3) is 5.32. The van der Waals surface area contributed by atoms with Crippen LogP contribution in [0.2, 0.25) is 0 Å². The molecule has 1 aliphatic carbocycles. The molecule has 4 nitrogen and oxygen atoms in total. The minimum absolute atomic E-state index is 0.150. The molecule has 2 aromatic rings. The molecule has 1 saturated carbocycles. The lowest BCUT2D eigenvalue weighted by Crippen LogP contribution is -2.49. The average Bonchev–Trinajstić information content (AvgIpc) is 3.52. The van der Waals surface area contributed by atoms with Crippen molar-refractivity contribution < 1.29 is 13.9 Å². The molecule has 2 heterocycles. The van der Waals surface area contributed by atoms with Gasteiger partial charge in [-0.1, -0.05) is 24.3 Å². The lowest BCUT2D eigenvalue weighted by Gasteiger charge is -2.41. The highest BCUT2D eigenvalue weighted by molar-refractivity contribution is 5.79. The highest BCUT2D eigenvalue weighted by Crippen LogP contribution is 2.31. The van der Waals surface area contributed by atoms with E-state index >= 15 is 0 Å². The monoisotopic (exact) mass is 436 g/mol. The number of benzene rings is 2. The zero-order valence-electron chi connectivity index (χ0n) is 18.7. The van der Waals surface area contributed by atoms with E-state index in [-0.39, 0.29) is 17.8 Å². The molecule has 2 saturated heterocycles. The van der Waals surface area contributed by atoms with Gasteiger partial charge in [-0.25, -0.2) is 4.39 Å². The molecule has 3 aliphatic rings. The summed E-state index contributed by atoms with van der Waals surface area (Å²) in [6.07, 6.45) is 7.48. The molecule has 2 aromatic carbocycles. The Kier molecular flexibility index (Phi) is 6.44. The van der Waals surface area contributed by atoms with E-state index in [1.165, 1.54) is 44.4 Å². The topological polar surface area (TPSA) is 32.8 Å². The molecule has 2 atom stereocenters. The van der Waals surface area contributed by atoms with Gasteiger partial charge in [0.05, 0.1) is 13.0 Å². The van der Waals surface area contributed by atoms with E-state index in [2.05, 4.69) is 9.80 Å². The fourth-order valence-electron chi connectivity index (χ4n) is 5.17. The van der Waals surface area contributed by atoms with Crippen molar-refractivity contribution in [3.63, 3.8) is 0 Å². The van der Waals surface area contributed by atoms with Crippen molar-refractivity contribution in [2.45, 2.75) is 63.6 Å². The van der Waals surface area contributed by atoms with Crippen LogP contribution >= 0.6 is 0 Å². The van der Waals surface area contributed by atoms with E-state index in [1.807, 2.05) is 24.3 Å². The number of ether oxygens (including phenoxy) is 1. The van der Waals surface area contributed by atoms with Crippen LogP contribution in [0.25, 0.3) is 0 Å². The van der Waals surface area contributed by atoms with Crippen LogP contribution in [0.5, 0.6) is 5.75 Å². The first kappa shape index (κ1) is 21.4. The van der Waals surface area contributed by atoms with Gasteiger partial charge in [-0.15, -0.1) is 0 Å². The van der Waals surface area contributed by atoms with Crippen molar-refractivity contribution in [2.24, 2.45) is 5.92 Å². The molecule has 170 valence electrons. The molecule has 0 radical (unpaired) electrons. The number of nitrogens with zero attached hydrogens (tertiary/aromatic N) is 2. The van der Waals surface area contributed by atoms with E-state index in [4.69, 9.17) is 4.74 Å². The van der Waals surface area contributed by atoms with Gasteiger partial charge >= 0.3 is 0 Å². The first-order valence-corrected chi connectivity index (χ1v) is 12.1. The van der Waals surface area contributed by atoms with E-state index in [0.717, 1.165) is 48.8 Å². The number of hydrogen-bond acceptors (Lipinski definition) is 3. The Morgan fingerprint density at radius 2 is 1.72 bits per heavy atom. The Bertz CT molecular complexity index is 910. The summed E-state index contributed by atoms with van der Waals surface area (Å²) >= 11 is 0. The minimum Gasteiger partial charge on any atom is -0.493 e. The number of carbonyl (C=O) groups is 1. The highest BCUT2D eigenvalue weighted by atomic mass is 19.1. The van der Waals surface area contributed by atoms with Crippen molar-refractivity contribution in [1.29, 1.82) is 0 Å². The highest BCUT2D eigenvalue weighted by Gasteiger charge is 2.35. The molecule has 2 aliphatic heterocycles. The van der Waals surface area contributed by atoms with Crippen molar-refractivity contribution in [3.8, 4) is 5.75 Å². The maximum atomic E-state index is 13.5. The Morgan fingerprint density at radius 3 is 2.47 bits per heavy atom. The van der Waals surface area contributed by atoms with Crippen LogP contribution in [0, 0.1) is 11.7 Å². The van der Waals surface area contributed by atoms with Gasteiger partial charge < -0.3 is 14.5 Å². The molecule has 32 heavy (non-hydrogen) atoms. The quantitative estimate of drug-likeness (QED) is 0.595. The Balaban J connectivity index is 1.27. The predicted molar refractivity (Wildman–Crippen MR) is 123 cm³/mol. The summed E-state index contributed by atoms with van der Waals surface area (Å²) in [5, 5.41) is 0. The van der Waals surface area contributed by atoms with Gasteiger partial charge in [0.2, 0.25) is 5.91 Å². The Morgan fingerprint density at radius 1 is 0.969 bits per heavy atom. The first-order valence-electron chi connectivity index (χ1n) is 12.1. The van der Waals surface area contributed by atoms with E-state index < -0.39 is 0 Å². The summed E-state index contributed by atoms with van der Waals surface area (Å²) in [7, 11) is 0. The molecule has 0 N–H and O–H groups in total. The van der Waals surface area contributed by atoms with Gasteiger partial charge in [0.1, 0.15) is 11.6 Å². The van der Waals surface area contributed by atoms with Crippen LogP contribution in [-0.4, -0.2) is 47.5 Å². The summed E-state index contributed by atoms with van der Waals surface area (Å²) in [5.74, 6) is 1.51. The normalized spacial score (nSPS) is 23.0. The molecule has 0 aromatic heterocycles. The number of halogens is 1. The maximum Gasteiger partial charge on any atom is 0.227 e. The number of hydrogen-bond donors (Lipinski definition) is 0. The summed E-state index contributed by atoms with van der Waals surface area (Å²) in [5.41, 5.74) is 1.99. The molecule has 3 fully saturated rings. The van der Waals surface area contributed by atoms with E-state index in [1.54, 1.807) is 12.1 Å². The smallest absolute Gasteiger partial charge is 0.227 e. The maximum absolute atomic E-state index is 13.5. The van der Waals surface area contributed by atoms with Crippen LogP contribution in [-0.2, 0) is 17.8 Å². The van der Waals surface area contributed by atoms with Crippen molar-refractivity contribution in [1.82, 2.24) is 9.80 Å². The summed E-state index contributed by atoms with van der Waals surface area (Å²) in [6, 6.07) is 15.4. The van der Waals surface area contributed by atoms with Gasteiger partial charge in [0.15, 0.2) is 0 Å². The van der Waals surface area contributed by atoms with Crippen molar-refractivity contribution >= 4 is 5.91 Å². The van der Waals surface area contributed by atoms with E-state index in [9.17, 15) is 9.18 Å². The second kappa shape index (κ2) is 9.62.